The Hall–Kier alpha value is -1.93. The molecule has 22 heavy (non-hydrogen) atoms. The molecule has 0 spiro atoms. The van der Waals surface area contributed by atoms with Crippen LogP contribution in [0.5, 0.6) is 5.75 Å². The van der Waals surface area contributed by atoms with Gasteiger partial charge < -0.3 is 9.30 Å². The molecule has 0 saturated carbocycles. The molecule has 0 saturated heterocycles. The third-order valence-corrected chi connectivity index (χ3v) is 4.16. The van der Waals surface area contributed by atoms with Crippen LogP contribution in [-0.4, -0.2) is 4.57 Å². The number of aryl methyl sites for hydroxylation is 1. The highest BCUT2D eigenvalue weighted by atomic mass is 35.5. The minimum atomic E-state index is 0.415. The van der Waals surface area contributed by atoms with E-state index in [-0.39, 0.29) is 0 Å². The molecule has 1 heterocycles. The van der Waals surface area contributed by atoms with E-state index < -0.39 is 0 Å². The van der Waals surface area contributed by atoms with Gasteiger partial charge in [-0.1, -0.05) is 35.9 Å². The summed E-state index contributed by atoms with van der Waals surface area (Å²) in [5.41, 5.74) is 3.71. The van der Waals surface area contributed by atoms with E-state index in [1.54, 1.807) is 0 Å². The second kappa shape index (κ2) is 6.05. The summed E-state index contributed by atoms with van der Waals surface area (Å²) in [7, 11) is 0. The Labute approximate surface area is 136 Å². The van der Waals surface area contributed by atoms with Gasteiger partial charge in [-0.3, -0.25) is 0 Å². The summed E-state index contributed by atoms with van der Waals surface area (Å²) in [6.07, 6.45) is 2.19. The van der Waals surface area contributed by atoms with Crippen LogP contribution in [-0.2, 0) is 6.61 Å². The van der Waals surface area contributed by atoms with Crippen LogP contribution >= 0.6 is 11.6 Å². The van der Waals surface area contributed by atoms with Crippen molar-refractivity contribution in [3.8, 4) is 5.75 Å². The average Bonchev–Trinajstić information content (AvgIpc) is 2.84. The molecule has 3 heteroatoms. The lowest BCUT2D eigenvalue weighted by molar-refractivity contribution is 0.307. The number of fused-ring (bicyclic) bond motifs is 1. The van der Waals surface area contributed by atoms with Crippen LogP contribution in [0.1, 0.15) is 31.0 Å². The van der Waals surface area contributed by atoms with Gasteiger partial charge in [-0.2, -0.15) is 0 Å². The summed E-state index contributed by atoms with van der Waals surface area (Å²) in [4.78, 5) is 0. The number of aromatic nitrogens is 1. The molecule has 0 aliphatic rings. The molecule has 0 amide bonds. The number of ether oxygens (including phenoxy) is 1. The molecule has 0 bridgehead atoms. The number of hydrogen-bond donors (Lipinski definition) is 0. The molecule has 0 aliphatic heterocycles. The Bertz CT molecular complexity index is 804. The van der Waals surface area contributed by atoms with Crippen LogP contribution in [0, 0.1) is 6.92 Å². The van der Waals surface area contributed by atoms with Crippen molar-refractivity contribution >= 4 is 22.5 Å². The second-order valence-electron chi connectivity index (χ2n) is 5.90. The van der Waals surface area contributed by atoms with Crippen molar-refractivity contribution in [3.05, 3.63) is 64.8 Å². The lowest BCUT2D eigenvalue weighted by Crippen LogP contribution is -1.99. The molecule has 3 aromatic rings. The maximum absolute atomic E-state index is 6.15. The molecule has 1 aromatic heterocycles. The summed E-state index contributed by atoms with van der Waals surface area (Å²) >= 11 is 6.15. The fourth-order valence-electron chi connectivity index (χ4n) is 2.69. The van der Waals surface area contributed by atoms with Gasteiger partial charge in [0, 0.05) is 28.7 Å². The van der Waals surface area contributed by atoms with Gasteiger partial charge in [0.1, 0.15) is 12.4 Å². The first kappa shape index (κ1) is 15.0. The van der Waals surface area contributed by atoms with Gasteiger partial charge in [-0.15, -0.1) is 0 Å². The van der Waals surface area contributed by atoms with Crippen molar-refractivity contribution in [1.82, 2.24) is 4.57 Å². The maximum Gasteiger partial charge on any atom is 0.138 e. The van der Waals surface area contributed by atoms with Crippen molar-refractivity contribution in [2.24, 2.45) is 0 Å². The predicted molar refractivity (Wildman–Crippen MR) is 92.8 cm³/mol. The molecular formula is C19H20ClNO. The molecule has 2 aromatic carbocycles. The summed E-state index contributed by atoms with van der Waals surface area (Å²) in [6.45, 7) is 7.03. The van der Waals surface area contributed by atoms with Crippen LogP contribution in [0.25, 0.3) is 10.9 Å². The van der Waals surface area contributed by atoms with Crippen LogP contribution in [0.4, 0.5) is 0 Å². The molecule has 2 nitrogen and oxygen atoms in total. The van der Waals surface area contributed by atoms with Gasteiger partial charge in [-0.25, -0.2) is 0 Å². The summed E-state index contributed by atoms with van der Waals surface area (Å²) in [5, 5.41) is 1.89. The SMILES string of the molecule is Cc1ccc2c(COc3ccccc3Cl)cn(C(C)C)c2c1. The fraction of sp³-hybridized carbons (Fsp3) is 0.263. The number of halogens is 1. The van der Waals surface area contributed by atoms with Gasteiger partial charge in [0.2, 0.25) is 0 Å². The molecule has 0 N–H and O–H groups in total. The van der Waals surface area contributed by atoms with E-state index in [9.17, 15) is 0 Å². The molecular weight excluding hydrogens is 294 g/mol. The minimum Gasteiger partial charge on any atom is -0.487 e. The largest absolute Gasteiger partial charge is 0.487 e. The molecule has 0 fully saturated rings. The van der Waals surface area contributed by atoms with Crippen LogP contribution in [0.15, 0.2) is 48.7 Å². The number of rotatable bonds is 4. The van der Waals surface area contributed by atoms with Crippen molar-refractivity contribution in [1.29, 1.82) is 0 Å². The molecule has 3 rings (SSSR count). The van der Waals surface area contributed by atoms with Gasteiger partial charge in [0.05, 0.1) is 5.02 Å². The van der Waals surface area contributed by atoms with E-state index in [1.165, 1.54) is 22.0 Å². The van der Waals surface area contributed by atoms with Crippen LogP contribution < -0.4 is 4.74 Å². The second-order valence-corrected chi connectivity index (χ2v) is 6.30. The first-order valence-electron chi connectivity index (χ1n) is 7.53. The smallest absolute Gasteiger partial charge is 0.138 e. The Morgan fingerprint density at radius 3 is 2.64 bits per heavy atom. The Morgan fingerprint density at radius 2 is 1.91 bits per heavy atom. The van der Waals surface area contributed by atoms with E-state index >= 15 is 0 Å². The van der Waals surface area contributed by atoms with Gasteiger partial charge in [0.15, 0.2) is 0 Å². The first-order valence-corrected chi connectivity index (χ1v) is 7.91. The van der Waals surface area contributed by atoms with E-state index in [0.717, 1.165) is 5.75 Å². The fourth-order valence-corrected chi connectivity index (χ4v) is 2.88. The van der Waals surface area contributed by atoms with Crippen molar-refractivity contribution < 1.29 is 4.74 Å². The lowest BCUT2D eigenvalue weighted by atomic mass is 10.1. The van der Waals surface area contributed by atoms with Gasteiger partial charge in [0.25, 0.3) is 0 Å². The summed E-state index contributed by atoms with van der Waals surface area (Å²) in [5.74, 6) is 0.724. The van der Waals surface area contributed by atoms with Crippen molar-refractivity contribution in [3.63, 3.8) is 0 Å². The third kappa shape index (κ3) is 2.84. The van der Waals surface area contributed by atoms with Crippen molar-refractivity contribution in [2.45, 2.75) is 33.4 Å². The number of nitrogens with zero attached hydrogens (tertiary/aromatic N) is 1. The monoisotopic (exact) mass is 313 g/mol. The Balaban J connectivity index is 1.96. The molecule has 114 valence electrons. The first-order chi connectivity index (χ1) is 10.6. The Kier molecular flexibility index (Phi) is 4.12. The number of para-hydroxylation sites is 1. The molecule has 0 radical (unpaired) electrons. The molecule has 0 unspecified atom stereocenters. The van der Waals surface area contributed by atoms with Crippen LogP contribution in [0.2, 0.25) is 5.02 Å². The predicted octanol–water partition coefficient (Wildman–Crippen LogP) is 5.76. The summed E-state index contributed by atoms with van der Waals surface area (Å²) in [6, 6.07) is 14.5. The topological polar surface area (TPSA) is 14.2 Å². The third-order valence-electron chi connectivity index (χ3n) is 3.85. The average molecular weight is 314 g/mol. The highest BCUT2D eigenvalue weighted by Gasteiger charge is 2.12. The van der Waals surface area contributed by atoms with Crippen LogP contribution in [0.3, 0.4) is 0 Å². The summed E-state index contributed by atoms with van der Waals surface area (Å²) < 4.78 is 8.21. The molecule has 0 aliphatic carbocycles. The number of benzene rings is 2. The molecule has 0 atom stereocenters. The van der Waals surface area contributed by atoms with Crippen molar-refractivity contribution in [2.75, 3.05) is 0 Å². The zero-order valence-electron chi connectivity index (χ0n) is 13.1. The zero-order valence-corrected chi connectivity index (χ0v) is 13.9. The van der Waals surface area contributed by atoms with E-state index in [2.05, 4.69) is 49.7 Å². The van der Waals surface area contributed by atoms with E-state index in [1.807, 2.05) is 24.3 Å². The number of hydrogen-bond acceptors (Lipinski definition) is 1. The standard InChI is InChI=1S/C19H20ClNO/c1-13(2)21-11-15(16-9-8-14(3)10-18(16)21)12-22-19-7-5-4-6-17(19)20/h4-11,13H,12H2,1-3H3. The van der Waals surface area contributed by atoms with E-state index in [0.29, 0.717) is 17.7 Å². The highest BCUT2D eigenvalue weighted by Crippen LogP contribution is 2.29. The Morgan fingerprint density at radius 1 is 1.14 bits per heavy atom. The zero-order chi connectivity index (χ0) is 15.7. The highest BCUT2D eigenvalue weighted by molar-refractivity contribution is 6.32. The lowest BCUT2D eigenvalue weighted by Gasteiger charge is -2.09. The minimum absolute atomic E-state index is 0.415. The van der Waals surface area contributed by atoms with Gasteiger partial charge in [-0.05, 0) is 44.5 Å². The van der Waals surface area contributed by atoms with Gasteiger partial charge >= 0.3 is 0 Å². The van der Waals surface area contributed by atoms with E-state index in [4.69, 9.17) is 16.3 Å². The maximum atomic E-state index is 6.15. The quantitative estimate of drug-likeness (QED) is 0.597. The normalized spacial score (nSPS) is 11.3.